The molecular weight excluding hydrogens is 422 g/mol. The van der Waals surface area contributed by atoms with E-state index in [1.165, 1.54) is 30.3 Å². The number of aromatic hydroxyl groups is 4. The largest absolute Gasteiger partial charge is 0.507 e. The first-order valence-electron chi connectivity index (χ1n) is 9.16. The molecule has 0 unspecified atom stereocenters. The predicted molar refractivity (Wildman–Crippen MR) is 112 cm³/mol. The summed E-state index contributed by atoms with van der Waals surface area (Å²) in [5.74, 6) is -2.35. The number of phenolic OH excluding ortho intramolecular Hbond substituents is 3. The molecule has 10 heteroatoms. The monoisotopic (exact) mass is 437 g/mol. The molecule has 4 N–H and O–H groups in total. The van der Waals surface area contributed by atoms with E-state index in [-0.39, 0.29) is 40.3 Å². The molecule has 4 rings (SSSR count). The van der Waals surface area contributed by atoms with Gasteiger partial charge < -0.3 is 29.6 Å². The number of non-ortho nitro benzene ring substituents is 1. The quantitative estimate of drug-likeness (QED) is 0.207. The van der Waals surface area contributed by atoms with E-state index in [1.54, 1.807) is 6.07 Å². The second kappa shape index (κ2) is 7.84. The fourth-order valence-electron chi connectivity index (χ4n) is 3.13. The van der Waals surface area contributed by atoms with Crippen molar-refractivity contribution in [3.05, 3.63) is 80.5 Å². The smallest absolute Gasteiger partial charge is 0.269 e. The minimum atomic E-state index is -0.906. The van der Waals surface area contributed by atoms with Gasteiger partial charge in [-0.05, 0) is 23.8 Å². The topological polar surface area (TPSA) is 164 Å². The lowest BCUT2D eigenvalue weighted by Crippen LogP contribution is -2.04. The van der Waals surface area contributed by atoms with E-state index >= 15 is 0 Å². The highest BCUT2D eigenvalue weighted by Gasteiger charge is 2.20. The lowest BCUT2D eigenvalue weighted by atomic mass is 10.1. The minimum absolute atomic E-state index is 0.0619. The Labute approximate surface area is 179 Å². The number of nitro benzene ring substituents is 1. The van der Waals surface area contributed by atoms with Crippen LogP contribution >= 0.6 is 0 Å². The maximum atomic E-state index is 12.6. The van der Waals surface area contributed by atoms with Crippen LogP contribution in [0, 0.1) is 10.1 Å². The van der Waals surface area contributed by atoms with E-state index < -0.39 is 33.4 Å². The van der Waals surface area contributed by atoms with Gasteiger partial charge in [0.25, 0.3) is 5.69 Å². The molecule has 1 aromatic heterocycles. The Morgan fingerprint density at radius 3 is 2.44 bits per heavy atom. The predicted octanol–water partition coefficient (Wildman–Crippen LogP) is 3.77. The molecule has 0 aliphatic carbocycles. The Bertz CT molecular complexity index is 1430. The lowest BCUT2D eigenvalue weighted by Gasteiger charge is -2.11. The number of nitrogens with zero attached hydrogens (tertiary/aromatic N) is 1. The summed E-state index contributed by atoms with van der Waals surface area (Å²) in [7, 11) is 0. The normalized spacial score (nSPS) is 10.9. The van der Waals surface area contributed by atoms with Crippen LogP contribution in [-0.2, 0) is 6.61 Å². The van der Waals surface area contributed by atoms with E-state index in [9.17, 15) is 35.3 Å². The zero-order valence-corrected chi connectivity index (χ0v) is 16.2. The molecular formula is C22H15NO9. The van der Waals surface area contributed by atoms with Crippen molar-refractivity contribution in [3.63, 3.8) is 0 Å². The zero-order chi connectivity index (χ0) is 23.0. The van der Waals surface area contributed by atoms with E-state index in [4.69, 9.17) is 9.15 Å². The summed E-state index contributed by atoms with van der Waals surface area (Å²) in [5, 5.41) is 50.4. The van der Waals surface area contributed by atoms with Crippen LogP contribution in [0.1, 0.15) is 5.56 Å². The van der Waals surface area contributed by atoms with E-state index in [0.717, 1.165) is 18.2 Å². The maximum Gasteiger partial charge on any atom is 0.269 e. The standard InChI is InChI=1S/C22H15NO9/c24-15-5-4-12(7-16(15)25)22-21(28)20(27)19-17(26)8-14(9-18(19)32-22)31-10-11-2-1-3-13(6-11)23(29)30/h1-9,24-26,28H,10H2. The number of fused-ring (bicyclic) bond motifs is 1. The van der Waals surface area contributed by atoms with Crippen molar-refractivity contribution in [2.24, 2.45) is 0 Å². The molecule has 1 heterocycles. The van der Waals surface area contributed by atoms with Gasteiger partial charge in [0.05, 0.1) is 4.92 Å². The molecule has 0 saturated heterocycles. The molecule has 162 valence electrons. The van der Waals surface area contributed by atoms with Gasteiger partial charge in [0.2, 0.25) is 11.2 Å². The molecule has 0 bridgehead atoms. The first-order valence-corrected chi connectivity index (χ1v) is 9.16. The van der Waals surface area contributed by atoms with Crippen molar-refractivity contribution in [3.8, 4) is 40.1 Å². The summed E-state index contributed by atoms with van der Waals surface area (Å²) in [6.07, 6.45) is 0. The Hall–Kier alpha value is -4.73. The van der Waals surface area contributed by atoms with Gasteiger partial charge in [-0.15, -0.1) is 0 Å². The van der Waals surface area contributed by atoms with Crippen LogP contribution in [0.15, 0.2) is 63.8 Å². The number of benzene rings is 3. The van der Waals surface area contributed by atoms with Crippen LogP contribution in [0.4, 0.5) is 5.69 Å². The van der Waals surface area contributed by atoms with E-state index in [0.29, 0.717) is 5.56 Å². The van der Waals surface area contributed by atoms with Gasteiger partial charge in [0, 0.05) is 29.8 Å². The zero-order valence-electron chi connectivity index (χ0n) is 16.2. The number of hydrogen-bond acceptors (Lipinski definition) is 9. The molecule has 0 spiro atoms. The summed E-state index contributed by atoms with van der Waals surface area (Å²) in [6, 6.07) is 11.9. The number of phenols is 3. The second-order valence-corrected chi connectivity index (χ2v) is 6.84. The molecule has 0 aliphatic rings. The molecule has 0 fully saturated rings. The fourth-order valence-corrected chi connectivity index (χ4v) is 3.13. The molecule has 10 nitrogen and oxygen atoms in total. The van der Waals surface area contributed by atoms with Gasteiger partial charge in [-0.1, -0.05) is 12.1 Å². The highest BCUT2D eigenvalue weighted by Crippen LogP contribution is 2.38. The van der Waals surface area contributed by atoms with Gasteiger partial charge >= 0.3 is 0 Å². The summed E-state index contributed by atoms with van der Waals surface area (Å²) < 4.78 is 11.2. The summed E-state index contributed by atoms with van der Waals surface area (Å²) in [5.41, 5.74) is -0.498. The Balaban J connectivity index is 1.74. The summed E-state index contributed by atoms with van der Waals surface area (Å²) >= 11 is 0. The number of ether oxygens (including phenoxy) is 1. The molecule has 32 heavy (non-hydrogen) atoms. The van der Waals surface area contributed by atoms with Gasteiger partial charge in [-0.25, -0.2) is 0 Å². The van der Waals surface area contributed by atoms with Crippen molar-refractivity contribution < 1.29 is 34.5 Å². The van der Waals surface area contributed by atoms with Crippen molar-refractivity contribution >= 4 is 16.7 Å². The van der Waals surface area contributed by atoms with Crippen molar-refractivity contribution in [1.29, 1.82) is 0 Å². The average Bonchev–Trinajstić information content (AvgIpc) is 2.76. The molecule has 0 radical (unpaired) electrons. The number of nitro groups is 1. The van der Waals surface area contributed by atoms with Crippen LogP contribution in [0.2, 0.25) is 0 Å². The van der Waals surface area contributed by atoms with Crippen molar-refractivity contribution in [1.82, 2.24) is 0 Å². The lowest BCUT2D eigenvalue weighted by molar-refractivity contribution is -0.384. The van der Waals surface area contributed by atoms with Gasteiger partial charge in [-0.2, -0.15) is 0 Å². The molecule has 4 aromatic rings. The maximum absolute atomic E-state index is 12.6. The van der Waals surface area contributed by atoms with Crippen LogP contribution in [0.5, 0.6) is 28.7 Å². The van der Waals surface area contributed by atoms with Gasteiger partial charge in [0.15, 0.2) is 17.3 Å². The SMILES string of the molecule is O=c1c(O)c(-c2ccc(O)c(O)c2)oc2cc(OCc3cccc([N+](=O)[O-])c3)cc(O)c12. The number of hydrogen-bond donors (Lipinski definition) is 4. The summed E-state index contributed by atoms with van der Waals surface area (Å²) in [6.45, 7) is -0.0619. The third-order valence-electron chi connectivity index (χ3n) is 4.69. The Kier molecular flexibility index (Phi) is 5.03. The average molecular weight is 437 g/mol. The van der Waals surface area contributed by atoms with Crippen molar-refractivity contribution in [2.45, 2.75) is 6.61 Å². The highest BCUT2D eigenvalue weighted by molar-refractivity contribution is 5.88. The van der Waals surface area contributed by atoms with Crippen LogP contribution in [0.25, 0.3) is 22.3 Å². The van der Waals surface area contributed by atoms with Gasteiger partial charge in [-0.3, -0.25) is 14.9 Å². The fraction of sp³-hybridized carbons (Fsp3) is 0.0455. The first kappa shape index (κ1) is 20.5. The van der Waals surface area contributed by atoms with E-state index in [2.05, 4.69) is 0 Å². The van der Waals surface area contributed by atoms with Crippen molar-refractivity contribution in [2.75, 3.05) is 0 Å². The molecule has 0 saturated carbocycles. The first-order chi connectivity index (χ1) is 15.2. The van der Waals surface area contributed by atoms with E-state index in [1.807, 2.05) is 0 Å². The molecule has 0 aliphatic heterocycles. The molecule has 3 aromatic carbocycles. The second-order valence-electron chi connectivity index (χ2n) is 6.84. The highest BCUT2D eigenvalue weighted by atomic mass is 16.6. The van der Waals surface area contributed by atoms with Crippen LogP contribution < -0.4 is 10.2 Å². The minimum Gasteiger partial charge on any atom is -0.507 e. The van der Waals surface area contributed by atoms with Crippen LogP contribution in [0.3, 0.4) is 0 Å². The molecule has 0 atom stereocenters. The number of rotatable bonds is 5. The third kappa shape index (κ3) is 3.72. The summed E-state index contributed by atoms with van der Waals surface area (Å²) in [4.78, 5) is 23.0. The van der Waals surface area contributed by atoms with Gasteiger partial charge in [0.1, 0.15) is 29.1 Å². The molecule has 0 amide bonds. The Morgan fingerprint density at radius 1 is 0.938 bits per heavy atom. The Morgan fingerprint density at radius 2 is 1.72 bits per heavy atom. The van der Waals surface area contributed by atoms with Crippen LogP contribution in [-0.4, -0.2) is 25.3 Å². The third-order valence-corrected chi connectivity index (χ3v) is 4.69.